The number of piperidine rings is 1. The molecule has 3 N–H and O–H groups in total. The van der Waals surface area contributed by atoms with Gasteiger partial charge in [0.25, 0.3) is 0 Å². The first-order valence-corrected chi connectivity index (χ1v) is 12.6. The molecule has 10 nitrogen and oxygen atoms in total. The normalized spacial score (nSPS) is 21.2. The van der Waals surface area contributed by atoms with E-state index in [4.69, 9.17) is 34.4 Å². The summed E-state index contributed by atoms with van der Waals surface area (Å²) in [5.74, 6) is -6.58. The molecule has 3 aliphatic rings. The molecule has 4 rings (SSSR count). The van der Waals surface area contributed by atoms with Gasteiger partial charge in [-0.25, -0.2) is 14.4 Å². The molecule has 0 bridgehead atoms. The summed E-state index contributed by atoms with van der Waals surface area (Å²) in [6.07, 6.45) is -6.77. The van der Waals surface area contributed by atoms with Crippen LogP contribution in [0, 0.1) is 11.8 Å². The van der Waals surface area contributed by atoms with Gasteiger partial charge in [0, 0.05) is 51.0 Å². The maximum atomic E-state index is 10.6. The molecular weight excluding hydrogens is 613 g/mol. The minimum atomic E-state index is -5.08. The minimum Gasteiger partial charge on any atom is -0.475 e. The Balaban J connectivity index is 0.000000363. The predicted molar refractivity (Wildman–Crippen MR) is 128 cm³/mol. The van der Waals surface area contributed by atoms with Gasteiger partial charge in [-0.05, 0) is 43.4 Å². The number of carbonyl (C=O) groups is 3. The Morgan fingerprint density at radius 3 is 1.74 bits per heavy atom. The molecule has 0 aromatic carbocycles. The van der Waals surface area contributed by atoms with Crippen LogP contribution in [0.4, 0.5) is 39.5 Å². The molecule has 2 atom stereocenters. The number of halogens is 9. The topological polar surface area (TPSA) is 140 Å². The van der Waals surface area contributed by atoms with Crippen molar-refractivity contribution in [3.63, 3.8) is 0 Å². The lowest BCUT2D eigenvalue weighted by Gasteiger charge is -2.38. The number of aromatic nitrogens is 1. The lowest BCUT2D eigenvalue weighted by Crippen LogP contribution is -2.47. The largest absolute Gasteiger partial charge is 0.490 e. The van der Waals surface area contributed by atoms with Crippen molar-refractivity contribution >= 4 is 17.9 Å². The Morgan fingerprint density at radius 2 is 1.33 bits per heavy atom. The van der Waals surface area contributed by atoms with Crippen molar-refractivity contribution in [1.82, 2.24) is 14.8 Å². The second-order valence-electron chi connectivity index (χ2n) is 9.67. The van der Waals surface area contributed by atoms with Gasteiger partial charge in [-0.3, -0.25) is 9.88 Å². The highest BCUT2D eigenvalue weighted by atomic mass is 19.4. The van der Waals surface area contributed by atoms with Crippen molar-refractivity contribution in [2.75, 3.05) is 39.3 Å². The number of hydrogen-bond acceptors (Lipinski definition) is 7. The highest BCUT2D eigenvalue weighted by Gasteiger charge is 2.39. The molecule has 0 amide bonds. The number of aliphatic carboxylic acids is 3. The second kappa shape index (κ2) is 16.6. The Hall–Kier alpha value is -3.19. The van der Waals surface area contributed by atoms with Crippen molar-refractivity contribution in [2.45, 2.75) is 50.4 Å². The van der Waals surface area contributed by atoms with E-state index in [1.54, 1.807) is 0 Å². The Morgan fingerprint density at radius 1 is 0.814 bits per heavy atom. The molecule has 0 unspecified atom stereocenters. The number of nitrogens with zero attached hydrogens (tertiary/aromatic N) is 3. The number of carboxylic acids is 3. The number of likely N-dealkylation sites (tertiary alicyclic amines) is 1. The summed E-state index contributed by atoms with van der Waals surface area (Å²) in [6, 6.07) is 4.21. The zero-order chi connectivity index (χ0) is 33.0. The van der Waals surface area contributed by atoms with Crippen molar-refractivity contribution in [1.29, 1.82) is 0 Å². The molecule has 2 aliphatic heterocycles. The molecule has 0 spiro atoms. The number of carboxylic acid groups (broad SMARTS) is 3. The maximum Gasteiger partial charge on any atom is 0.490 e. The molecule has 1 aromatic heterocycles. The molecule has 0 radical (unpaired) electrons. The van der Waals surface area contributed by atoms with E-state index in [9.17, 15) is 39.5 Å². The van der Waals surface area contributed by atoms with Crippen LogP contribution in [-0.4, -0.2) is 112 Å². The average Bonchev–Trinajstić information content (AvgIpc) is 3.71. The molecule has 19 heteroatoms. The summed E-state index contributed by atoms with van der Waals surface area (Å²) >= 11 is 0. The Labute approximate surface area is 239 Å². The summed E-state index contributed by atoms with van der Waals surface area (Å²) in [6.45, 7) is 7.84. The predicted octanol–water partition coefficient (Wildman–Crippen LogP) is 3.91. The minimum absolute atomic E-state index is 0.450. The number of ether oxygens (including phenoxy) is 1. The van der Waals surface area contributed by atoms with Crippen LogP contribution in [0.15, 0.2) is 24.5 Å². The van der Waals surface area contributed by atoms with Crippen LogP contribution in [0.25, 0.3) is 0 Å². The standard InChI is InChI=1S/C18H27N3O.3C2HF3O2/c1-2-16(10-19-6-1)12-21-8-9-22-18-14-20(11-15-3-4-15)7-5-17(18)13-21;3*3-2(4,5)1(6)7/h1-2,6,10,15,17-18H,3-5,7-9,11-14H2;3*(H,6,7)/t17-,18-;;;/m1.../s1. The molecule has 3 fully saturated rings. The van der Waals surface area contributed by atoms with E-state index < -0.39 is 36.4 Å². The summed E-state index contributed by atoms with van der Waals surface area (Å²) in [5, 5.41) is 21.4. The third-order valence-electron chi connectivity index (χ3n) is 6.08. The average molecular weight is 643 g/mol. The summed E-state index contributed by atoms with van der Waals surface area (Å²) < 4.78 is 101. The van der Waals surface area contributed by atoms with Crippen molar-refractivity contribution in [2.24, 2.45) is 11.8 Å². The fraction of sp³-hybridized carbons (Fsp3) is 0.667. The van der Waals surface area contributed by atoms with Gasteiger partial charge >= 0.3 is 36.4 Å². The number of alkyl halides is 9. The highest BCUT2D eigenvalue weighted by Crippen LogP contribution is 2.32. The molecule has 3 heterocycles. The van der Waals surface area contributed by atoms with E-state index in [0.29, 0.717) is 12.0 Å². The lowest BCUT2D eigenvalue weighted by molar-refractivity contribution is -0.193. The third kappa shape index (κ3) is 16.3. The van der Waals surface area contributed by atoms with Gasteiger partial charge in [0.1, 0.15) is 0 Å². The summed E-state index contributed by atoms with van der Waals surface area (Å²) in [5.41, 5.74) is 1.31. The van der Waals surface area contributed by atoms with Gasteiger partial charge in [-0.1, -0.05) is 6.07 Å². The van der Waals surface area contributed by atoms with Crippen LogP contribution in [-0.2, 0) is 25.7 Å². The van der Waals surface area contributed by atoms with Crippen molar-refractivity contribution in [3.8, 4) is 0 Å². The first kappa shape index (κ1) is 37.8. The Bertz CT molecular complexity index is 963. The fourth-order valence-electron chi connectivity index (χ4n) is 3.91. The van der Waals surface area contributed by atoms with Gasteiger partial charge in [0.05, 0.1) is 12.7 Å². The van der Waals surface area contributed by atoms with E-state index in [1.165, 1.54) is 44.5 Å². The molecule has 1 aliphatic carbocycles. The zero-order valence-corrected chi connectivity index (χ0v) is 22.3. The molecule has 1 saturated carbocycles. The maximum absolute atomic E-state index is 10.6. The number of rotatable bonds is 4. The van der Waals surface area contributed by atoms with E-state index in [-0.39, 0.29) is 0 Å². The van der Waals surface area contributed by atoms with E-state index in [1.807, 2.05) is 18.5 Å². The highest BCUT2D eigenvalue weighted by molar-refractivity contribution is 5.73. The van der Waals surface area contributed by atoms with Gasteiger partial charge in [-0.2, -0.15) is 39.5 Å². The van der Waals surface area contributed by atoms with Crippen LogP contribution >= 0.6 is 0 Å². The van der Waals surface area contributed by atoms with E-state index >= 15 is 0 Å². The monoisotopic (exact) mass is 643 g/mol. The van der Waals surface area contributed by atoms with Gasteiger partial charge in [-0.15, -0.1) is 0 Å². The molecule has 2 saturated heterocycles. The molecule has 43 heavy (non-hydrogen) atoms. The number of pyridine rings is 1. The molecule has 1 aromatic rings. The van der Waals surface area contributed by atoms with Crippen LogP contribution < -0.4 is 0 Å². The van der Waals surface area contributed by atoms with Crippen LogP contribution in [0.5, 0.6) is 0 Å². The van der Waals surface area contributed by atoms with E-state index in [2.05, 4.69) is 20.9 Å². The molecule has 246 valence electrons. The Kier molecular flexibility index (Phi) is 14.6. The SMILES string of the molecule is O=C(O)C(F)(F)F.O=C(O)C(F)(F)F.O=C(O)C(F)(F)F.c1cncc(CN2CCO[C@@H]3CN(CC4CC4)CC[C@@H]3C2)c1. The van der Waals surface area contributed by atoms with Gasteiger partial charge in [0.15, 0.2) is 0 Å². The zero-order valence-electron chi connectivity index (χ0n) is 22.3. The fourth-order valence-corrected chi connectivity index (χ4v) is 3.91. The van der Waals surface area contributed by atoms with Crippen LogP contribution in [0.1, 0.15) is 24.8 Å². The quantitative estimate of drug-likeness (QED) is 0.414. The number of hydrogen-bond donors (Lipinski definition) is 3. The summed E-state index contributed by atoms with van der Waals surface area (Å²) in [7, 11) is 0. The summed E-state index contributed by atoms with van der Waals surface area (Å²) in [4.78, 5) is 36.1. The van der Waals surface area contributed by atoms with Crippen LogP contribution in [0.3, 0.4) is 0 Å². The van der Waals surface area contributed by atoms with E-state index in [0.717, 1.165) is 32.2 Å². The first-order chi connectivity index (χ1) is 19.7. The van der Waals surface area contributed by atoms with Crippen molar-refractivity contribution in [3.05, 3.63) is 30.1 Å². The second-order valence-corrected chi connectivity index (χ2v) is 9.67. The first-order valence-electron chi connectivity index (χ1n) is 12.6. The van der Waals surface area contributed by atoms with Crippen molar-refractivity contribution < 1.29 is 74.0 Å². The van der Waals surface area contributed by atoms with Gasteiger partial charge in [0.2, 0.25) is 0 Å². The van der Waals surface area contributed by atoms with Crippen LogP contribution in [0.2, 0.25) is 0 Å². The smallest absolute Gasteiger partial charge is 0.475 e. The molecular formula is C24H30F9N3O7. The number of fused-ring (bicyclic) bond motifs is 1. The lowest BCUT2D eigenvalue weighted by atomic mass is 9.93. The van der Waals surface area contributed by atoms with Gasteiger partial charge < -0.3 is 25.0 Å². The third-order valence-corrected chi connectivity index (χ3v) is 6.08.